The van der Waals surface area contributed by atoms with E-state index < -0.39 is 0 Å². The third-order valence-electron chi connectivity index (χ3n) is 3.34. The van der Waals surface area contributed by atoms with Gasteiger partial charge in [0.1, 0.15) is 0 Å². The van der Waals surface area contributed by atoms with Gasteiger partial charge in [-0.1, -0.05) is 32.9 Å². The van der Waals surface area contributed by atoms with Crippen LogP contribution in [-0.4, -0.2) is 21.8 Å². The molecule has 0 heterocycles. The zero-order valence-electron chi connectivity index (χ0n) is 13.2. The van der Waals surface area contributed by atoms with Crippen molar-refractivity contribution in [2.45, 2.75) is 40.7 Å². The summed E-state index contributed by atoms with van der Waals surface area (Å²) in [5, 5.41) is 16.6. The number of amides is 1. The summed E-state index contributed by atoms with van der Waals surface area (Å²) in [6.45, 7) is 8.10. The first-order chi connectivity index (χ1) is 9.85. The van der Waals surface area contributed by atoms with Crippen molar-refractivity contribution in [2.75, 3.05) is 5.48 Å². The highest BCUT2D eigenvalue weighted by Gasteiger charge is 2.22. The molecule has 0 fully saturated rings. The molecule has 0 saturated heterocycles. The van der Waals surface area contributed by atoms with Gasteiger partial charge >= 0.3 is 0 Å². The van der Waals surface area contributed by atoms with Gasteiger partial charge < -0.3 is 0 Å². The second-order valence-electron chi connectivity index (χ2n) is 5.85. The van der Waals surface area contributed by atoms with Crippen LogP contribution >= 0.6 is 0 Å². The summed E-state index contributed by atoms with van der Waals surface area (Å²) in [6, 6.07) is 7.12. The molecule has 0 spiro atoms. The van der Waals surface area contributed by atoms with E-state index in [-0.39, 0.29) is 17.7 Å². The summed E-state index contributed by atoms with van der Waals surface area (Å²) in [4.78, 5) is 14.0. The lowest BCUT2D eigenvalue weighted by Crippen LogP contribution is -2.38. The molecule has 5 heteroatoms. The number of hydrogen-bond donors (Lipinski definition) is 3. The second-order valence-corrected chi connectivity index (χ2v) is 5.85. The molecule has 1 rings (SSSR count). The Bertz CT molecular complexity index is 483. The van der Waals surface area contributed by atoms with Gasteiger partial charge in [0, 0.05) is 5.92 Å². The Balaban J connectivity index is 2.81. The molecule has 0 aromatic heterocycles. The molecule has 1 unspecified atom stereocenters. The molecule has 21 heavy (non-hydrogen) atoms. The number of carbonyl (C=O) groups is 1. The predicted octanol–water partition coefficient (Wildman–Crippen LogP) is 3.50. The molecule has 0 aliphatic rings. The van der Waals surface area contributed by atoms with Gasteiger partial charge in [0.25, 0.3) is 0 Å². The minimum Gasteiger partial charge on any atom is -0.296 e. The maximum Gasteiger partial charge on any atom is 0.231 e. The van der Waals surface area contributed by atoms with Gasteiger partial charge in [-0.3, -0.25) is 25.8 Å². The summed E-state index contributed by atoms with van der Waals surface area (Å²) in [7, 11) is 0. The molecular weight excluding hydrogens is 266 g/mol. The molecule has 116 valence electrons. The van der Waals surface area contributed by atoms with Crippen LogP contribution in [0.2, 0.25) is 0 Å². The van der Waals surface area contributed by atoms with Gasteiger partial charge in [0.05, 0.1) is 18.1 Å². The molecule has 0 aliphatic heterocycles. The van der Waals surface area contributed by atoms with E-state index in [2.05, 4.69) is 19.3 Å². The molecule has 0 radical (unpaired) electrons. The zero-order valence-corrected chi connectivity index (χ0v) is 13.2. The Morgan fingerprint density at radius 1 is 1.29 bits per heavy atom. The first-order valence-corrected chi connectivity index (χ1v) is 7.20. The first kappa shape index (κ1) is 17.2. The van der Waals surface area contributed by atoms with Crippen LogP contribution in [0, 0.1) is 17.2 Å². The minimum atomic E-state index is -0.0938. The van der Waals surface area contributed by atoms with Crippen LogP contribution in [0.5, 0.6) is 0 Å². The topological polar surface area (TPSA) is 76.4 Å². The van der Waals surface area contributed by atoms with Gasteiger partial charge in [-0.25, -0.2) is 0 Å². The molecule has 1 atom stereocenters. The van der Waals surface area contributed by atoms with E-state index in [0.29, 0.717) is 18.2 Å². The van der Waals surface area contributed by atoms with Crippen molar-refractivity contribution in [3.8, 4) is 0 Å². The smallest absolute Gasteiger partial charge is 0.231 e. The van der Waals surface area contributed by atoms with Gasteiger partial charge in [0.15, 0.2) is 0 Å². The van der Waals surface area contributed by atoms with E-state index in [1.165, 1.54) is 4.90 Å². The van der Waals surface area contributed by atoms with E-state index in [9.17, 15) is 4.79 Å². The highest BCUT2D eigenvalue weighted by molar-refractivity contribution is 5.96. The molecule has 1 aromatic carbocycles. The second kappa shape index (κ2) is 7.78. The molecule has 1 amide bonds. The van der Waals surface area contributed by atoms with Crippen LogP contribution in [0.1, 0.15) is 39.7 Å². The summed E-state index contributed by atoms with van der Waals surface area (Å²) in [6.07, 6.45) is 0.815. The third kappa shape index (κ3) is 5.19. The minimum absolute atomic E-state index is 0.0134. The molecule has 5 nitrogen and oxygen atoms in total. The number of anilines is 1. The van der Waals surface area contributed by atoms with Crippen LogP contribution in [0.15, 0.2) is 24.3 Å². The largest absolute Gasteiger partial charge is 0.296 e. The SMILES string of the molecule is CC(=N)N(Cc1ccc(NO)cc1)C(=O)C(C)CC(C)C. The fraction of sp³-hybridized carbons (Fsp3) is 0.500. The van der Waals surface area contributed by atoms with Crippen molar-refractivity contribution in [3.05, 3.63) is 29.8 Å². The number of rotatable bonds is 6. The van der Waals surface area contributed by atoms with Crippen molar-refractivity contribution < 1.29 is 10.0 Å². The van der Waals surface area contributed by atoms with Crippen LogP contribution in [0.3, 0.4) is 0 Å². The summed E-state index contributed by atoms with van der Waals surface area (Å²) in [5.41, 5.74) is 3.59. The standard InChI is InChI=1S/C16H25N3O2/c1-11(2)9-12(3)16(20)19(13(4)17)10-14-5-7-15(18-21)8-6-14/h5-8,11-12,17-18,21H,9-10H2,1-4H3. The van der Waals surface area contributed by atoms with Crippen molar-refractivity contribution in [2.24, 2.45) is 11.8 Å². The van der Waals surface area contributed by atoms with E-state index >= 15 is 0 Å². The van der Waals surface area contributed by atoms with E-state index in [0.717, 1.165) is 12.0 Å². The van der Waals surface area contributed by atoms with E-state index in [1.54, 1.807) is 19.1 Å². The quantitative estimate of drug-likeness (QED) is 0.426. The van der Waals surface area contributed by atoms with Crippen molar-refractivity contribution >= 4 is 17.4 Å². The Hall–Kier alpha value is -1.88. The monoisotopic (exact) mass is 291 g/mol. The fourth-order valence-corrected chi connectivity index (χ4v) is 2.30. The van der Waals surface area contributed by atoms with Crippen molar-refractivity contribution in [3.63, 3.8) is 0 Å². The Morgan fingerprint density at radius 2 is 1.86 bits per heavy atom. The maximum atomic E-state index is 12.5. The molecule has 0 bridgehead atoms. The lowest BCUT2D eigenvalue weighted by Gasteiger charge is -2.25. The molecule has 0 saturated carbocycles. The summed E-state index contributed by atoms with van der Waals surface area (Å²) in [5.74, 6) is 0.593. The van der Waals surface area contributed by atoms with Crippen LogP contribution in [0.4, 0.5) is 5.69 Å². The number of hydrogen-bond acceptors (Lipinski definition) is 4. The summed E-state index contributed by atoms with van der Waals surface area (Å²) < 4.78 is 0. The Morgan fingerprint density at radius 3 is 2.29 bits per heavy atom. The van der Waals surface area contributed by atoms with Crippen LogP contribution in [0.25, 0.3) is 0 Å². The van der Waals surface area contributed by atoms with Crippen molar-refractivity contribution in [1.82, 2.24) is 4.90 Å². The van der Waals surface area contributed by atoms with Crippen molar-refractivity contribution in [1.29, 1.82) is 5.41 Å². The maximum absolute atomic E-state index is 12.5. The van der Waals surface area contributed by atoms with E-state index in [4.69, 9.17) is 10.6 Å². The van der Waals surface area contributed by atoms with E-state index in [1.807, 2.05) is 19.1 Å². The molecule has 3 N–H and O–H groups in total. The lowest BCUT2D eigenvalue weighted by atomic mass is 9.97. The number of amidine groups is 1. The molecule has 0 aliphatic carbocycles. The average Bonchev–Trinajstić information content (AvgIpc) is 2.43. The Labute approximate surface area is 126 Å². The molecular formula is C16H25N3O2. The van der Waals surface area contributed by atoms with Gasteiger partial charge in [0.2, 0.25) is 5.91 Å². The average molecular weight is 291 g/mol. The number of nitrogens with one attached hydrogen (secondary N) is 2. The summed E-state index contributed by atoms with van der Waals surface area (Å²) >= 11 is 0. The van der Waals surface area contributed by atoms with Gasteiger partial charge in [-0.2, -0.15) is 0 Å². The van der Waals surface area contributed by atoms with Gasteiger partial charge in [-0.15, -0.1) is 0 Å². The third-order valence-corrected chi connectivity index (χ3v) is 3.34. The van der Waals surface area contributed by atoms with Crippen LogP contribution < -0.4 is 5.48 Å². The zero-order chi connectivity index (χ0) is 16.0. The normalized spacial score (nSPS) is 12.1. The lowest BCUT2D eigenvalue weighted by molar-refractivity contribution is -0.132. The number of carbonyl (C=O) groups excluding carboxylic acids is 1. The number of nitrogens with zero attached hydrogens (tertiary/aromatic N) is 1. The molecule has 1 aromatic rings. The van der Waals surface area contributed by atoms with Gasteiger partial charge in [-0.05, 0) is 37.0 Å². The first-order valence-electron chi connectivity index (χ1n) is 7.20. The highest BCUT2D eigenvalue weighted by atomic mass is 16.5. The predicted molar refractivity (Wildman–Crippen MR) is 84.4 cm³/mol. The number of benzene rings is 1. The highest BCUT2D eigenvalue weighted by Crippen LogP contribution is 2.17. The Kier molecular flexibility index (Phi) is 6.37. The van der Waals surface area contributed by atoms with Crippen LogP contribution in [-0.2, 0) is 11.3 Å². The fourth-order valence-electron chi connectivity index (χ4n) is 2.30.